The van der Waals surface area contributed by atoms with Gasteiger partial charge in [0, 0.05) is 16.0 Å². The summed E-state index contributed by atoms with van der Waals surface area (Å²) in [5.74, 6) is 1.33. The van der Waals surface area contributed by atoms with Crippen molar-refractivity contribution in [1.82, 2.24) is 9.97 Å². The van der Waals surface area contributed by atoms with Gasteiger partial charge in [-0.25, -0.2) is 9.97 Å². The third-order valence-electron chi connectivity index (χ3n) is 4.52. The number of methoxy groups -OCH3 is 1. The first-order chi connectivity index (χ1) is 12.2. The lowest BCUT2D eigenvalue weighted by Crippen LogP contribution is -2.03. The molecule has 128 valence electrons. The highest BCUT2D eigenvalue weighted by atomic mass is 32.1. The van der Waals surface area contributed by atoms with Crippen molar-refractivity contribution in [1.29, 1.82) is 0 Å². The number of Topliss-reactive ketones (excluding diaryl/α,β-unsaturated/α-hetero) is 1. The number of carbonyl (C=O) groups excluding carboxylic acids is 1. The van der Waals surface area contributed by atoms with Gasteiger partial charge in [-0.15, -0.1) is 11.3 Å². The lowest BCUT2D eigenvalue weighted by Gasteiger charge is -2.11. The zero-order chi connectivity index (χ0) is 17.4. The topological polar surface area (TPSA) is 61.3 Å². The number of carbonyl (C=O) groups is 1. The minimum Gasteiger partial charge on any atom is -0.496 e. The molecule has 1 aromatic carbocycles. The number of hydrogen-bond donors (Lipinski definition) is 0. The van der Waals surface area contributed by atoms with E-state index in [2.05, 4.69) is 9.97 Å². The number of ketones is 1. The third-order valence-corrected chi connectivity index (χ3v) is 5.72. The van der Waals surface area contributed by atoms with Gasteiger partial charge in [0.15, 0.2) is 5.78 Å². The largest absolute Gasteiger partial charge is 0.496 e. The number of hydrogen-bond acceptors (Lipinski definition) is 6. The second kappa shape index (κ2) is 6.44. The molecule has 0 spiro atoms. The van der Waals surface area contributed by atoms with Crippen LogP contribution in [0.25, 0.3) is 10.2 Å². The Hall–Kier alpha value is -2.47. The van der Waals surface area contributed by atoms with Gasteiger partial charge < -0.3 is 9.47 Å². The summed E-state index contributed by atoms with van der Waals surface area (Å²) >= 11 is 1.74. The van der Waals surface area contributed by atoms with Gasteiger partial charge in [0.1, 0.15) is 23.5 Å². The van der Waals surface area contributed by atoms with Crippen molar-refractivity contribution >= 4 is 27.3 Å². The molecular weight excluding hydrogens is 336 g/mol. The summed E-state index contributed by atoms with van der Waals surface area (Å²) in [6.45, 7) is 1.84. The predicted octanol–water partition coefficient (Wildman–Crippen LogP) is 3.97. The summed E-state index contributed by atoms with van der Waals surface area (Å²) in [6, 6.07) is 5.38. The van der Waals surface area contributed by atoms with Crippen LogP contribution in [0.5, 0.6) is 11.6 Å². The van der Waals surface area contributed by atoms with Crippen molar-refractivity contribution in [2.24, 2.45) is 0 Å². The Kier molecular flexibility index (Phi) is 4.13. The van der Waals surface area contributed by atoms with E-state index in [1.165, 1.54) is 16.9 Å². The first-order valence-corrected chi connectivity index (χ1v) is 9.05. The molecule has 5 nitrogen and oxygen atoms in total. The fourth-order valence-electron chi connectivity index (χ4n) is 3.27. The quantitative estimate of drug-likeness (QED) is 0.649. The molecule has 1 aliphatic rings. The van der Waals surface area contributed by atoms with Crippen LogP contribution in [-0.4, -0.2) is 22.9 Å². The van der Waals surface area contributed by atoms with Gasteiger partial charge >= 0.3 is 0 Å². The van der Waals surface area contributed by atoms with Crippen molar-refractivity contribution < 1.29 is 14.3 Å². The number of thiophene rings is 1. The summed E-state index contributed by atoms with van der Waals surface area (Å²) < 4.78 is 11.4. The zero-order valence-corrected chi connectivity index (χ0v) is 15.0. The van der Waals surface area contributed by atoms with Gasteiger partial charge in [-0.05, 0) is 49.9 Å². The molecule has 1 aliphatic carbocycles. The van der Waals surface area contributed by atoms with Crippen LogP contribution in [0.15, 0.2) is 24.5 Å². The van der Waals surface area contributed by atoms with Gasteiger partial charge in [-0.3, -0.25) is 4.79 Å². The Balaban J connectivity index is 1.67. The molecule has 0 radical (unpaired) electrons. The molecule has 25 heavy (non-hydrogen) atoms. The summed E-state index contributed by atoms with van der Waals surface area (Å²) in [7, 11) is 1.61. The number of fused-ring (bicyclic) bond motifs is 3. The molecule has 0 aliphatic heterocycles. The number of benzene rings is 1. The van der Waals surface area contributed by atoms with E-state index in [0.717, 1.165) is 28.6 Å². The minimum atomic E-state index is 0.0176. The van der Waals surface area contributed by atoms with E-state index in [1.54, 1.807) is 43.8 Å². The van der Waals surface area contributed by atoms with E-state index in [0.29, 0.717) is 23.8 Å². The highest BCUT2D eigenvalue weighted by Crippen LogP contribution is 2.40. The van der Waals surface area contributed by atoms with Crippen molar-refractivity contribution in [2.45, 2.75) is 32.8 Å². The molecule has 0 amide bonds. The van der Waals surface area contributed by atoms with E-state index in [9.17, 15) is 4.79 Å². The molecule has 2 aromatic heterocycles. The highest BCUT2D eigenvalue weighted by Gasteiger charge is 2.22. The summed E-state index contributed by atoms with van der Waals surface area (Å²) in [5.41, 5.74) is 2.80. The number of ether oxygens (including phenoxy) is 2. The van der Waals surface area contributed by atoms with E-state index in [1.807, 2.05) is 6.07 Å². The Labute approximate surface area is 149 Å². The van der Waals surface area contributed by atoms with Crippen LogP contribution in [0.4, 0.5) is 0 Å². The molecule has 0 fully saturated rings. The van der Waals surface area contributed by atoms with Crippen molar-refractivity contribution in [3.8, 4) is 11.6 Å². The van der Waals surface area contributed by atoms with Gasteiger partial charge in [-0.1, -0.05) is 0 Å². The van der Waals surface area contributed by atoms with E-state index in [4.69, 9.17) is 9.47 Å². The molecule has 0 bridgehead atoms. The highest BCUT2D eigenvalue weighted by molar-refractivity contribution is 7.18. The number of aromatic nitrogens is 2. The van der Waals surface area contributed by atoms with Crippen LogP contribution in [-0.2, 0) is 19.4 Å². The fourth-order valence-corrected chi connectivity index (χ4v) is 4.49. The molecule has 0 unspecified atom stereocenters. The van der Waals surface area contributed by atoms with Gasteiger partial charge in [0.25, 0.3) is 0 Å². The second-order valence-electron chi connectivity index (χ2n) is 6.09. The maximum Gasteiger partial charge on any atom is 0.225 e. The zero-order valence-electron chi connectivity index (χ0n) is 14.2. The monoisotopic (exact) mass is 354 g/mol. The van der Waals surface area contributed by atoms with Gasteiger partial charge in [0.2, 0.25) is 5.88 Å². The normalized spacial score (nSPS) is 13.0. The Morgan fingerprint density at radius 2 is 2.16 bits per heavy atom. The maximum atomic E-state index is 11.6. The molecule has 0 N–H and O–H groups in total. The van der Waals surface area contributed by atoms with Crippen molar-refractivity contribution in [3.05, 3.63) is 46.1 Å². The standard InChI is InChI=1S/C19H18N2O3S/c1-11(22)12-6-7-15(23-2)13(8-12)9-24-18-17-14-4-3-5-16(14)25-19(17)21-10-20-18/h6-8,10H,3-5,9H2,1-2H3. The molecular formula is C19H18N2O3S. The van der Waals surface area contributed by atoms with E-state index >= 15 is 0 Å². The lowest BCUT2D eigenvalue weighted by molar-refractivity contribution is 0.101. The molecule has 0 saturated carbocycles. The van der Waals surface area contributed by atoms with Crippen molar-refractivity contribution in [3.63, 3.8) is 0 Å². The Morgan fingerprint density at radius 3 is 2.96 bits per heavy atom. The average Bonchev–Trinajstić information content (AvgIpc) is 3.20. The smallest absolute Gasteiger partial charge is 0.225 e. The predicted molar refractivity (Wildman–Crippen MR) is 96.8 cm³/mol. The summed E-state index contributed by atoms with van der Waals surface area (Å²) in [6.07, 6.45) is 4.90. The van der Waals surface area contributed by atoms with Crippen LogP contribution >= 0.6 is 11.3 Å². The maximum absolute atomic E-state index is 11.6. The third kappa shape index (κ3) is 2.87. The van der Waals surface area contributed by atoms with Gasteiger partial charge in [0.05, 0.1) is 12.5 Å². The number of nitrogens with zero attached hydrogens (tertiary/aromatic N) is 2. The molecule has 6 heteroatoms. The number of rotatable bonds is 5. The molecule has 3 aromatic rings. The van der Waals surface area contributed by atoms with E-state index in [-0.39, 0.29) is 5.78 Å². The fraction of sp³-hybridized carbons (Fsp3) is 0.316. The molecule has 0 atom stereocenters. The van der Waals surface area contributed by atoms with Gasteiger partial charge in [-0.2, -0.15) is 0 Å². The SMILES string of the molecule is COc1ccc(C(C)=O)cc1COc1ncnc2sc3c(c12)CCC3. The first-order valence-electron chi connectivity index (χ1n) is 8.23. The lowest BCUT2D eigenvalue weighted by atomic mass is 10.1. The molecule has 4 rings (SSSR count). The summed E-state index contributed by atoms with van der Waals surface area (Å²) in [4.78, 5) is 22.8. The van der Waals surface area contributed by atoms with Crippen LogP contribution in [0.1, 0.15) is 39.7 Å². The van der Waals surface area contributed by atoms with Crippen molar-refractivity contribution in [2.75, 3.05) is 7.11 Å². The minimum absolute atomic E-state index is 0.0176. The first kappa shape index (κ1) is 16.0. The van der Waals surface area contributed by atoms with Crippen LogP contribution in [0.2, 0.25) is 0 Å². The Bertz CT molecular complexity index is 965. The Morgan fingerprint density at radius 1 is 1.28 bits per heavy atom. The average molecular weight is 354 g/mol. The molecule has 0 saturated heterocycles. The second-order valence-corrected chi connectivity index (χ2v) is 7.17. The van der Waals surface area contributed by atoms with Crippen LogP contribution in [0.3, 0.4) is 0 Å². The van der Waals surface area contributed by atoms with Crippen LogP contribution < -0.4 is 9.47 Å². The molecule has 2 heterocycles. The van der Waals surface area contributed by atoms with E-state index < -0.39 is 0 Å². The number of aryl methyl sites for hydroxylation is 2. The van der Waals surface area contributed by atoms with Crippen LogP contribution in [0, 0.1) is 0 Å². The summed E-state index contributed by atoms with van der Waals surface area (Å²) in [5, 5.41) is 1.04.